The largest absolute Gasteiger partial charge is 0.393 e. The van der Waals surface area contributed by atoms with Crippen LogP contribution in [0.4, 0.5) is 0 Å². The molecule has 1 atom stereocenters. The van der Waals surface area contributed by atoms with E-state index in [1.807, 2.05) is 35.1 Å². The van der Waals surface area contributed by atoms with Crippen molar-refractivity contribution in [3.63, 3.8) is 0 Å². The highest BCUT2D eigenvalue weighted by Gasteiger charge is 2.09. The maximum atomic E-state index is 10.1. The number of benzene rings is 1. The number of aromatic nitrogens is 2. The number of rotatable bonds is 6. The molecule has 1 unspecified atom stereocenters. The van der Waals surface area contributed by atoms with Gasteiger partial charge in [-0.25, -0.2) is 0 Å². The first-order chi connectivity index (χ1) is 9.15. The summed E-state index contributed by atoms with van der Waals surface area (Å²) < 4.78 is 1.93. The van der Waals surface area contributed by atoms with E-state index in [1.54, 1.807) is 0 Å². The Morgan fingerprint density at radius 3 is 2.53 bits per heavy atom. The van der Waals surface area contributed by atoms with Crippen LogP contribution >= 0.6 is 0 Å². The smallest absolute Gasteiger partial charge is 0.0650 e. The molecule has 102 valence electrons. The molecule has 0 radical (unpaired) electrons. The van der Waals surface area contributed by atoms with Gasteiger partial charge in [-0.1, -0.05) is 30.3 Å². The molecule has 0 aliphatic heterocycles. The Labute approximate surface area is 114 Å². The second-order valence-electron chi connectivity index (χ2n) is 5.26. The molecule has 1 aromatic heterocycles. The van der Waals surface area contributed by atoms with Crippen molar-refractivity contribution in [1.82, 2.24) is 9.78 Å². The zero-order chi connectivity index (χ0) is 13.7. The van der Waals surface area contributed by atoms with Gasteiger partial charge in [-0.3, -0.25) is 4.68 Å². The van der Waals surface area contributed by atoms with Crippen LogP contribution in [0, 0.1) is 0 Å². The number of hydrogen-bond acceptors (Lipinski definition) is 2. The van der Waals surface area contributed by atoms with Gasteiger partial charge < -0.3 is 5.11 Å². The molecule has 0 spiro atoms. The van der Waals surface area contributed by atoms with E-state index in [4.69, 9.17) is 0 Å². The van der Waals surface area contributed by atoms with Crippen LogP contribution in [0.2, 0.25) is 0 Å². The standard InChI is InChI=1S/C16H22N2O/c1-13(2)18-11-10-15(17-18)12-16(19)9-8-14-6-4-3-5-7-14/h3-7,10-11,13,16,19H,8-9,12H2,1-2H3. The van der Waals surface area contributed by atoms with Gasteiger partial charge in [-0.2, -0.15) is 5.10 Å². The van der Waals surface area contributed by atoms with E-state index in [-0.39, 0.29) is 6.10 Å². The molecule has 0 bridgehead atoms. The van der Waals surface area contributed by atoms with E-state index in [1.165, 1.54) is 5.56 Å². The molecule has 2 rings (SSSR count). The summed E-state index contributed by atoms with van der Waals surface area (Å²) in [5.41, 5.74) is 2.24. The average molecular weight is 258 g/mol. The fraction of sp³-hybridized carbons (Fsp3) is 0.438. The van der Waals surface area contributed by atoms with Crippen molar-refractivity contribution in [1.29, 1.82) is 0 Å². The lowest BCUT2D eigenvalue weighted by Gasteiger charge is -2.09. The summed E-state index contributed by atoms with van der Waals surface area (Å²) in [7, 11) is 0. The molecule has 0 fully saturated rings. The van der Waals surface area contributed by atoms with Crippen molar-refractivity contribution in [2.24, 2.45) is 0 Å². The Morgan fingerprint density at radius 2 is 1.89 bits per heavy atom. The van der Waals surface area contributed by atoms with Gasteiger partial charge in [0.25, 0.3) is 0 Å². The Morgan fingerprint density at radius 1 is 1.16 bits per heavy atom. The van der Waals surface area contributed by atoms with Crippen molar-refractivity contribution in [3.05, 3.63) is 53.9 Å². The van der Waals surface area contributed by atoms with Crippen molar-refractivity contribution >= 4 is 0 Å². The van der Waals surface area contributed by atoms with Gasteiger partial charge in [0.15, 0.2) is 0 Å². The highest BCUT2D eigenvalue weighted by molar-refractivity contribution is 5.14. The normalized spacial score (nSPS) is 12.8. The monoisotopic (exact) mass is 258 g/mol. The quantitative estimate of drug-likeness (QED) is 0.865. The highest BCUT2D eigenvalue weighted by atomic mass is 16.3. The molecule has 0 aliphatic carbocycles. The van der Waals surface area contributed by atoms with Crippen molar-refractivity contribution in [2.75, 3.05) is 0 Å². The molecular weight excluding hydrogens is 236 g/mol. The van der Waals surface area contributed by atoms with Crippen molar-refractivity contribution in [2.45, 2.75) is 45.3 Å². The summed E-state index contributed by atoms with van der Waals surface area (Å²) in [6.45, 7) is 4.20. The number of aryl methyl sites for hydroxylation is 1. The van der Waals surface area contributed by atoms with E-state index < -0.39 is 0 Å². The predicted octanol–water partition coefficient (Wildman–Crippen LogP) is 3.00. The van der Waals surface area contributed by atoms with Gasteiger partial charge in [0.2, 0.25) is 0 Å². The molecular formula is C16H22N2O. The molecule has 3 nitrogen and oxygen atoms in total. The molecule has 0 aliphatic rings. The number of hydrogen-bond donors (Lipinski definition) is 1. The third-order valence-corrected chi connectivity index (χ3v) is 3.25. The van der Waals surface area contributed by atoms with Crippen molar-refractivity contribution < 1.29 is 5.11 Å². The third-order valence-electron chi connectivity index (χ3n) is 3.25. The summed E-state index contributed by atoms with van der Waals surface area (Å²) in [4.78, 5) is 0. The Kier molecular flexibility index (Phi) is 4.74. The second kappa shape index (κ2) is 6.53. The first kappa shape index (κ1) is 13.8. The van der Waals surface area contributed by atoms with Gasteiger partial charge in [-0.15, -0.1) is 0 Å². The van der Waals surface area contributed by atoms with Crippen LogP contribution in [0.5, 0.6) is 0 Å². The molecule has 0 amide bonds. The van der Waals surface area contributed by atoms with Crippen molar-refractivity contribution in [3.8, 4) is 0 Å². The van der Waals surface area contributed by atoms with Crippen LogP contribution in [0.15, 0.2) is 42.6 Å². The van der Waals surface area contributed by atoms with E-state index in [0.717, 1.165) is 18.5 Å². The van der Waals surface area contributed by atoms with E-state index in [9.17, 15) is 5.11 Å². The fourth-order valence-electron chi connectivity index (χ4n) is 2.10. The van der Waals surface area contributed by atoms with Crippen LogP contribution < -0.4 is 0 Å². The lowest BCUT2D eigenvalue weighted by atomic mass is 10.0. The third kappa shape index (κ3) is 4.21. The molecule has 1 N–H and O–H groups in total. The van der Waals surface area contributed by atoms with E-state index in [0.29, 0.717) is 12.5 Å². The minimum absolute atomic E-state index is 0.323. The summed E-state index contributed by atoms with van der Waals surface area (Å²) in [5.74, 6) is 0. The van der Waals surface area contributed by atoms with E-state index in [2.05, 4.69) is 31.1 Å². The minimum Gasteiger partial charge on any atom is -0.393 e. The maximum Gasteiger partial charge on any atom is 0.0650 e. The summed E-state index contributed by atoms with van der Waals surface area (Å²) in [6, 6.07) is 12.6. The van der Waals surface area contributed by atoms with Gasteiger partial charge in [0.1, 0.15) is 0 Å². The Bertz CT molecular complexity index is 490. The van der Waals surface area contributed by atoms with Gasteiger partial charge >= 0.3 is 0 Å². The summed E-state index contributed by atoms with van der Waals surface area (Å²) >= 11 is 0. The Balaban J connectivity index is 1.82. The molecule has 3 heteroatoms. The minimum atomic E-state index is -0.323. The SMILES string of the molecule is CC(C)n1ccc(CC(O)CCc2ccccc2)n1. The average Bonchev–Trinajstić information content (AvgIpc) is 2.86. The number of aliphatic hydroxyl groups excluding tert-OH is 1. The molecule has 2 aromatic rings. The van der Waals surface area contributed by atoms with Gasteiger partial charge in [-0.05, 0) is 38.3 Å². The zero-order valence-electron chi connectivity index (χ0n) is 11.7. The van der Waals surface area contributed by atoms with Crippen LogP contribution in [-0.4, -0.2) is 21.0 Å². The van der Waals surface area contributed by atoms with E-state index >= 15 is 0 Å². The zero-order valence-corrected chi connectivity index (χ0v) is 11.7. The van der Waals surface area contributed by atoms with Gasteiger partial charge in [0, 0.05) is 18.7 Å². The number of nitrogens with zero attached hydrogens (tertiary/aromatic N) is 2. The topological polar surface area (TPSA) is 38.0 Å². The van der Waals surface area contributed by atoms with Crippen LogP contribution in [-0.2, 0) is 12.8 Å². The highest BCUT2D eigenvalue weighted by Crippen LogP contribution is 2.10. The molecule has 1 aromatic carbocycles. The lowest BCUT2D eigenvalue weighted by molar-refractivity contribution is 0.163. The van der Waals surface area contributed by atoms with Crippen LogP contribution in [0.25, 0.3) is 0 Å². The fourth-order valence-corrected chi connectivity index (χ4v) is 2.10. The maximum absolute atomic E-state index is 10.1. The molecule has 0 saturated heterocycles. The van der Waals surface area contributed by atoms with Crippen LogP contribution in [0.1, 0.15) is 37.6 Å². The molecule has 19 heavy (non-hydrogen) atoms. The molecule has 0 saturated carbocycles. The lowest BCUT2D eigenvalue weighted by Crippen LogP contribution is -2.12. The Hall–Kier alpha value is -1.61. The first-order valence-corrected chi connectivity index (χ1v) is 6.91. The first-order valence-electron chi connectivity index (χ1n) is 6.91. The second-order valence-corrected chi connectivity index (χ2v) is 5.26. The summed E-state index contributed by atoms with van der Waals surface area (Å²) in [5, 5.41) is 14.5. The number of aliphatic hydroxyl groups is 1. The predicted molar refractivity (Wildman–Crippen MR) is 77.1 cm³/mol. The van der Waals surface area contributed by atoms with Crippen LogP contribution in [0.3, 0.4) is 0 Å². The molecule has 1 heterocycles. The summed E-state index contributed by atoms with van der Waals surface area (Å²) in [6.07, 6.45) is 3.97. The van der Waals surface area contributed by atoms with Gasteiger partial charge in [0.05, 0.1) is 11.8 Å².